The van der Waals surface area contributed by atoms with E-state index in [1.165, 1.54) is 0 Å². The van der Waals surface area contributed by atoms with E-state index in [1.807, 2.05) is 26.0 Å². The van der Waals surface area contributed by atoms with E-state index in [2.05, 4.69) is 11.9 Å². The fourth-order valence-electron chi connectivity index (χ4n) is 0.755. The molecule has 1 heterocycles. The van der Waals surface area contributed by atoms with Crippen LogP contribution in [0.15, 0.2) is 18.3 Å². The molecule has 1 aromatic heterocycles. The van der Waals surface area contributed by atoms with Crippen molar-refractivity contribution in [1.29, 1.82) is 5.26 Å². The summed E-state index contributed by atoms with van der Waals surface area (Å²) in [5.74, 6) is 0. The maximum Gasteiger partial charge on any atom is 0.140 e. The molecule has 0 atom stereocenters. The predicted molar refractivity (Wildman–Crippen MR) is 49.7 cm³/mol. The van der Waals surface area contributed by atoms with Gasteiger partial charge in [-0.3, -0.25) is 0 Å². The van der Waals surface area contributed by atoms with E-state index in [9.17, 15) is 0 Å². The maximum absolute atomic E-state index is 8.45. The molecule has 0 aliphatic carbocycles. The molecule has 0 saturated carbocycles. The number of nitrogens with zero attached hydrogens (tertiary/aromatic N) is 2. The van der Waals surface area contributed by atoms with Crippen molar-refractivity contribution in [1.82, 2.24) is 4.98 Å². The summed E-state index contributed by atoms with van der Waals surface area (Å²) in [6, 6.07) is 5.71. The Morgan fingerprint density at radius 2 is 2.17 bits per heavy atom. The molecule has 1 aromatic rings. The molecule has 0 amide bonds. The highest BCUT2D eigenvalue weighted by Gasteiger charge is 1.91. The summed E-state index contributed by atoms with van der Waals surface area (Å²) in [5, 5.41) is 8.45. The van der Waals surface area contributed by atoms with E-state index >= 15 is 0 Å². The molecule has 0 radical (unpaired) electrons. The minimum atomic E-state index is 0.499. The molecule has 0 unspecified atom stereocenters. The van der Waals surface area contributed by atoms with Crippen LogP contribution in [-0.4, -0.2) is 4.98 Å². The zero-order chi connectivity index (χ0) is 9.40. The molecule has 2 heteroatoms. The van der Waals surface area contributed by atoms with Gasteiger partial charge in [0.2, 0.25) is 0 Å². The van der Waals surface area contributed by atoms with Crippen LogP contribution in [0.1, 0.15) is 32.0 Å². The molecule has 2 nitrogen and oxygen atoms in total. The minimum absolute atomic E-state index is 0.499. The van der Waals surface area contributed by atoms with Gasteiger partial charge in [0, 0.05) is 6.20 Å². The lowest BCUT2D eigenvalue weighted by Crippen LogP contribution is -1.84. The summed E-state index contributed by atoms with van der Waals surface area (Å²) in [7, 11) is 0. The van der Waals surface area contributed by atoms with Gasteiger partial charge in [-0.15, -0.1) is 0 Å². The second kappa shape index (κ2) is 6.36. The fraction of sp³-hybridized carbons (Fsp3) is 0.400. The molecule has 64 valence electrons. The fourth-order valence-corrected chi connectivity index (χ4v) is 0.755. The molecule has 0 fully saturated rings. The smallest absolute Gasteiger partial charge is 0.140 e. The molecule has 0 aliphatic heterocycles. The highest BCUT2D eigenvalue weighted by atomic mass is 14.7. The molecule has 0 N–H and O–H groups in total. The van der Waals surface area contributed by atoms with Crippen molar-refractivity contribution in [3.63, 3.8) is 0 Å². The molecule has 12 heavy (non-hydrogen) atoms. The van der Waals surface area contributed by atoms with E-state index in [4.69, 9.17) is 5.26 Å². The molecule has 0 aliphatic rings. The molecular weight excluding hydrogens is 148 g/mol. The Morgan fingerprint density at radius 1 is 1.50 bits per heavy atom. The van der Waals surface area contributed by atoms with Gasteiger partial charge >= 0.3 is 0 Å². The number of nitriles is 1. The predicted octanol–water partition coefficient (Wildman–Crippen LogP) is 2.54. The van der Waals surface area contributed by atoms with Gasteiger partial charge in [-0.1, -0.05) is 20.8 Å². The zero-order valence-corrected chi connectivity index (χ0v) is 7.83. The minimum Gasteiger partial charge on any atom is -0.246 e. The Morgan fingerprint density at radius 3 is 2.67 bits per heavy atom. The van der Waals surface area contributed by atoms with Gasteiger partial charge in [0.1, 0.15) is 11.8 Å². The van der Waals surface area contributed by atoms with Crippen LogP contribution in [0.25, 0.3) is 0 Å². The summed E-state index contributed by atoms with van der Waals surface area (Å²) in [5.41, 5.74) is 1.66. The van der Waals surface area contributed by atoms with E-state index in [-0.39, 0.29) is 0 Å². The summed E-state index contributed by atoms with van der Waals surface area (Å²) in [4.78, 5) is 3.84. The summed E-state index contributed by atoms with van der Waals surface area (Å²) >= 11 is 0. The summed E-state index contributed by atoms with van der Waals surface area (Å²) < 4.78 is 0. The average Bonchev–Trinajstić information content (AvgIpc) is 2.21. The Hall–Kier alpha value is -1.36. The lowest BCUT2D eigenvalue weighted by Gasteiger charge is -1.92. The van der Waals surface area contributed by atoms with Gasteiger partial charge in [-0.25, -0.2) is 4.98 Å². The van der Waals surface area contributed by atoms with Crippen LogP contribution >= 0.6 is 0 Å². The van der Waals surface area contributed by atoms with E-state index < -0.39 is 0 Å². The Bertz CT molecular complexity index is 261. The SMILES string of the molecule is CC.CCc1ccnc(C#N)c1. The van der Waals surface area contributed by atoms with Crippen LogP contribution in [0.2, 0.25) is 0 Å². The third-order valence-electron chi connectivity index (χ3n) is 1.35. The van der Waals surface area contributed by atoms with Crippen LogP contribution < -0.4 is 0 Å². The van der Waals surface area contributed by atoms with Gasteiger partial charge < -0.3 is 0 Å². The maximum atomic E-state index is 8.45. The van der Waals surface area contributed by atoms with Crippen molar-refractivity contribution < 1.29 is 0 Å². The van der Waals surface area contributed by atoms with Gasteiger partial charge in [-0.2, -0.15) is 5.26 Å². The highest BCUT2D eigenvalue weighted by molar-refractivity contribution is 5.25. The van der Waals surface area contributed by atoms with E-state index in [0.717, 1.165) is 12.0 Å². The topological polar surface area (TPSA) is 36.7 Å². The van der Waals surface area contributed by atoms with Crippen LogP contribution in [0.4, 0.5) is 0 Å². The van der Waals surface area contributed by atoms with Crippen molar-refractivity contribution >= 4 is 0 Å². The highest BCUT2D eigenvalue weighted by Crippen LogP contribution is 2.00. The third-order valence-corrected chi connectivity index (χ3v) is 1.35. The van der Waals surface area contributed by atoms with Crippen molar-refractivity contribution in [3.05, 3.63) is 29.6 Å². The van der Waals surface area contributed by atoms with Crippen molar-refractivity contribution in [2.24, 2.45) is 0 Å². The van der Waals surface area contributed by atoms with E-state index in [1.54, 1.807) is 12.3 Å². The average molecular weight is 162 g/mol. The number of hydrogen-bond donors (Lipinski definition) is 0. The Balaban J connectivity index is 0.000000561. The Kier molecular flexibility index (Phi) is 5.64. The molecule has 0 aromatic carbocycles. The number of pyridine rings is 1. The summed E-state index contributed by atoms with van der Waals surface area (Å²) in [6.07, 6.45) is 2.62. The van der Waals surface area contributed by atoms with Crippen molar-refractivity contribution in [3.8, 4) is 6.07 Å². The molecular formula is C10H14N2. The van der Waals surface area contributed by atoms with Crippen molar-refractivity contribution in [2.75, 3.05) is 0 Å². The van der Waals surface area contributed by atoms with Gasteiger partial charge in [-0.05, 0) is 24.1 Å². The van der Waals surface area contributed by atoms with Gasteiger partial charge in [0.25, 0.3) is 0 Å². The lowest BCUT2D eigenvalue weighted by molar-refractivity contribution is 1.11. The monoisotopic (exact) mass is 162 g/mol. The first-order valence-electron chi connectivity index (χ1n) is 4.22. The van der Waals surface area contributed by atoms with Gasteiger partial charge in [0.05, 0.1) is 0 Å². The number of hydrogen-bond acceptors (Lipinski definition) is 2. The normalized spacial score (nSPS) is 7.83. The standard InChI is InChI=1S/C8H8N2.C2H6/c1-2-7-3-4-10-8(5-7)6-9;1-2/h3-5H,2H2,1H3;1-2H3. The second-order valence-corrected chi connectivity index (χ2v) is 2.01. The Labute approximate surface area is 73.9 Å². The first-order valence-corrected chi connectivity index (χ1v) is 4.22. The second-order valence-electron chi connectivity index (χ2n) is 2.01. The molecule has 1 rings (SSSR count). The van der Waals surface area contributed by atoms with Gasteiger partial charge in [0.15, 0.2) is 0 Å². The van der Waals surface area contributed by atoms with Crippen LogP contribution in [0.5, 0.6) is 0 Å². The number of aryl methyl sites for hydroxylation is 1. The summed E-state index contributed by atoms with van der Waals surface area (Å²) in [6.45, 7) is 6.05. The van der Waals surface area contributed by atoms with E-state index in [0.29, 0.717) is 5.69 Å². The molecule has 0 bridgehead atoms. The van der Waals surface area contributed by atoms with Crippen LogP contribution in [0.3, 0.4) is 0 Å². The van der Waals surface area contributed by atoms with Crippen LogP contribution in [0, 0.1) is 11.3 Å². The largest absolute Gasteiger partial charge is 0.246 e. The van der Waals surface area contributed by atoms with Crippen molar-refractivity contribution in [2.45, 2.75) is 27.2 Å². The van der Waals surface area contributed by atoms with Crippen LogP contribution in [-0.2, 0) is 6.42 Å². The first-order chi connectivity index (χ1) is 5.86. The first kappa shape index (κ1) is 10.6. The molecule has 0 spiro atoms. The number of aromatic nitrogens is 1. The quantitative estimate of drug-likeness (QED) is 0.636. The zero-order valence-electron chi connectivity index (χ0n) is 7.83. The number of rotatable bonds is 1. The lowest BCUT2D eigenvalue weighted by atomic mass is 10.2. The third kappa shape index (κ3) is 3.16. The molecule has 0 saturated heterocycles.